The lowest BCUT2D eigenvalue weighted by molar-refractivity contribution is 0.203. The lowest BCUT2D eigenvalue weighted by atomic mass is 9.93. The fourth-order valence-corrected chi connectivity index (χ4v) is 4.45. The van der Waals surface area contributed by atoms with Crippen molar-refractivity contribution in [3.8, 4) is 11.4 Å². The highest BCUT2D eigenvalue weighted by atomic mass is 19.1. The number of halogens is 1. The van der Waals surface area contributed by atoms with Gasteiger partial charge in [-0.05, 0) is 55.2 Å². The number of aryl methyl sites for hydroxylation is 2. The first-order valence-electron chi connectivity index (χ1n) is 12.0. The molecule has 2 amide bonds. The fourth-order valence-electron chi connectivity index (χ4n) is 4.45. The van der Waals surface area contributed by atoms with Gasteiger partial charge in [0.15, 0.2) is 0 Å². The highest BCUT2D eigenvalue weighted by Gasteiger charge is 2.35. The summed E-state index contributed by atoms with van der Waals surface area (Å²) in [5.41, 5.74) is 6.32. The van der Waals surface area contributed by atoms with Gasteiger partial charge in [0, 0.05) is 11.3 Å². The third-order valence-corrected chi connectivity index (χ3v) is 6.50. The van der Waals surface area contributed by atoms with Crippen LogP contribution in [0.15, 0.2) is 83.0 Å². The standard InChI is InChI=1S/C29H27FN4O2/c1-4-20-8-12-22(13-9-20)26-25(28-32-27(33-36-28)23-7-5-6-18(2)16-23)19(3)34(29(35)31-26)17-21-10-14-24(30)15-11-21/h5-16,26H,4,17H2,1-3H3,(H,31,35). The second-order valence-corrected chi connectivity index (χ2v) is 8.98. The Hall–Kier alpha value is -4.26. The van der Waals surface area contributed by atoms with Crippen molar-refractivity contribution < 1.29 is 13.7 Å². The third-order valence-electron chi connectivity index (χ3n) is 6.50. The molecule has 1 aliphatic heterocycles. The second-order valence-electron chi connectivity index (χ2n) is 8.98. The Morgan fingerprint density at radius 3 is 2.42 bits per heavy atom. The number of nitrogens with one attached hydrogen (secondary N) is 1. The van der Waals surface area contributed by atoms with Crippen LogP contribution in [0.2, 0.25) is 0 Å². The Labute approximate surface area is 209 Å². The van der Waals surface area contributed by atoms with Gasteiger partial charge in [-0.25, -0.2) is 9.18 Å². The molecule has 182 valence electrons. The van der Waals surface area contributed by atoms with Crippen molar-refractivity contribution >= 4 is 11.6 Å². The Balaban J connectivity index is 1.59. The van der Waals surface area contributed by atoms with E-state index < -0.39 is 6.04 Å². The van der Waals surface area contributed by atoms with Crippen LogP contribution in [0.4, 0.5) is 9.18 Å². The van der Waals surface area contributed by atoms with E-state index in [2.05, 4.69) is 29.5 Å². The van der Waals surface area contributed by atoms with Gasteiger partial charge in [-0.1, -0.05) is 72.2 Å². The Morgan fingerprint density at radius 1 is 1.00 bits per heavy atom. The number of amides is 2. The van der Waals surface area contributed by atoms with Crippen LogP contribution in [0.5, 0.6) is 0 Å². The second kappa shape index (κ2) is 9.77. The summed E-state index contributed by atoms with van der Waals surface area (Å²) in [7, 11) is 0. The first-order valence-corrected chi connectivity index (χ1v) is 12.0. The van der Waals surface area contributed by atoms with E-state index in [-0.39, 0.29) is 18.4 Å². The Bertz CT molecular complexity index is 1420. The summed E-state index contributed by atoms with van der Waals surface area (Å²) >= 11 is 0. The molecule has 1 atom stereocenters. The molecule has 0 aliphatic carbocycles. The average molecular weight is 483 g/mol. The summed E-state index contributed by atoms with van der Waals surface area (Å²) in [5.74, 6) is 0.508. The molecule has 6 nitrogen and oxygen atoms in total. The smallest absolute Gasteiger partial charge is 0.322 e. The van der Waals surface area contributed by atoms with Gasteiger partial charge in [0.05, 0.1) is 18.2 Å². The van der Waals surface area contributed by atoms with Crippen LogP contribution < -0.4 is 5.32 Å². The highest BCUT2D eigenvalue weighted by Crippen LogP contribution is 2.38. The maximum absolute atomic E-state index is 13.4. The number of carbonyl (C=O) groups excluding carboxylic acids is 1. The molecular weight excluding hydrogens is 455 g/mol. The molecule has 3 aromatic carbocycles. The number of rotatable bonds is 6. The monoisotopic (exact) mass is 482 g/mol. The summed E-state index contributed by atoms with van der Waals surface area (Å²) in [6.07, 6.45) is 0.925. The summed E-state index contributed by atoms with van der Waals surface area (Å²) < 4.78 is 19.2. The molecule has 5 rings (SSSR count). The Morgan fingerprint density at radius 2 is 1.72 bits per heavy atom. The molecule has 1 aromatic heterocycles. The zero-order chi connectivity index (χ0) is 25.2. The average Bonchev–Trinajstić information content (AvgIpc) is 3.37. The first kappa shape index (κ1) is 23.5. The third kappa shape index (κ3) is 4.64. The predicted molar refractivity (Wildman–Crippen MR) is 136 cm³/mol. The number of nitrogens with zero attached hydrogens (tertiary/aromatic N) is 3. The van der Waals surface area contributed by atoms with Crippen LogP contribution in [-0.4, -0.2) is 21.1 Å². The predicted octanol–water partition coefficient (Wildman–Crippen LogP) is 6.44. The van der Waals surface area contributed by atoms with Crippen molar-refractivity contribution in [3.05, 3.63) is 112 Å². The minimum absolute atomic E-state index is 0.247. The van der Waals surface area contributed by atoms with Gasteiger partial charge in [0.1, 0.15) is 5.82 Å². The largest absolute Gasteiger partial charge is 0.334 e. The van der Waals surface area contributed by atoms with Gasteiger partial charge >= 0.3 is 6.03 Å². The van der Waals surface area contributed by atoms with Gasteiger partial charge in [0.2, 0.25) is 5.82 Å². The van der Waals surface area contributed by atoms with E-state index >= 15 is 0 Å². The van der Waals surface area contributed by atoms with Crippen LogP contribution in [0.25, 0.3) is 17.0 Å². The number of benzene rings is 3. The molecule has 0 saturated heterocycles. The molecule has 36 heavy (non-hydrogen) atoms. The lowest BCUT2D eigenvalue weighted by Crippen LogP contribution is -2.45. The van der Waals surface area contributed by atoms with E-state index in [0.29, 0.717) is 17.4 Å². The summed E-state index contributed by atoms with van der Waals surface area (Å²) in [6.45, 7) is 6.27. The lowest BCUT2D eigenvalue weighted by Gasteiger charge is -2.35. The van der Waals surface area contributed by atoms with Gasteiger partial charge in [-0.15, -0.1) is 0 Å². The number of urea groups is 1. The highest BCUT2D eigenvalue weighted by molar-refractivity contribution is 5.86. The van der Waals surface area contributed by atoms with Crippen LogP contribution in [0, 0.1) is 12.7 Å². The molecule has 1 N–H and O–H groups in total. The van der Waals surface area contributed by atoms with E-state index in [1.807, 2.05) is 50.2 Å². The van der Waals surface area contributed by atoms with E-state index in [1.165, 1.54) is 17.7 Å². The zero-order valence-corrected chi connectivity index (χ0v) is 20.5. The van der Waals surface area contributed by atoms with Gasteiger partial charge in [-0.3, -0.25) is 4.90 Å². The molecule has 0 radical (unpaired) electrons. The summed E-state index contributed by atoms with van der Waals surface area (Å²) in [5, 5.41) is 7.35. The number of carbonyl (C=O) groups is 1. The molecule has 0 fully saturated rings. The van der Waals surface area contributed by atoms with Crippen molar-refractivity contribution in [1.29, 1.82) is 0 Å². The quantitative estimate of drug-likeness (QED) is 0.343. The number of hydrogen-bond acceptors (Lipinski definition) is 4. The molecule has 0 spiro atoms. The van der Waals surface area contributed by atoms with Crippen molar-refractivity contribution in [1.82, 2.24) is 20.4 Å². The van der Waals surface area contributed by atoms with Crippen LogP contribution >= 0.6 is 0 Å². The summed E-state index contributed by atoms with van der Waals surface area (Å²) in [6, 6.07) is 21.5. The molecule has 0 bridgehead atoms. The van der Waals surface area contributed by atoms with Crippen molar-refractivity contribution in [2.24, 2.45) is 0 Å². The molecule has 0 saturated carbocycles. The molecule has 1 aliphatic rings. The maximum atomic E-state index is 13.4. The minimum Gasteiger partial charge on any atom is -0.334 e. The van der Waals surface area contributed by atoms with Crippen LogP contribution in [0.1, 0.15) is 48.0 Å². The fraction of sp³-hybridized carbons (Fsp3) is 0.207. The molecule has 2 heterocycles. The first-order chi connectivity index (χ1) is 17.4. The van der Waals surface area contributed by atoms with Crippen molar-refractivity contribution in [3.63, 3.8) is 0 Å². The number of allylic oxidation sites excluding steroid dienone is 1. The van der Waals surface area contributed by atoms with E-state index in [0.717, 1.165) is 34.2 Å². The normalized spacial score (nSPS) is 15.8. The molecular formula is C29H27FN4O2. The van der Waals surface area contributed by atoms with E-state index in [9.17, 15) is 9.18 Å². The van der Waals surface area contributed by atoms with Gasteiger partial charge < -0.3 is 9.84 Å². The summed E-state index contributed by atoms with van der Waals surface area (Å²) in [4.78, 5) is 19.6. The van der Waals surface area contributed by atoms with E-state index in [1.54, 1.807) is 17.0 Å². The van der Waals surface area contributed by atoms with Gasteiger partial charge in [-0.2, -0.15) is 4.98 Å². The molecule has 4 aromatic rings. The maximum Gasteiger partial charge on any atom is 0.322 e. The minimum atomic E-state index is -0.460. The van der Waals surface area contributed by atoms with Crippen molar-refractivity contribution in [2.45, 2.75) is 39.8 Å². The molecule has 1 unspecified atom stereocenters. The van der Waals surface area contributed by atoms with Crippen LogP contribution in [-0.2, 0) is 13.0 Å². The number of aromatic nitrogens is 2. The Kier molecular flexibility index (Phi) is 6.38. The van der Waals surface area contributed by atoms with Crippen molar-refractivity contribution in [2.75, 3.05) is 0 Å². The zero-order valence-electron chi connectivity index (χ0n) is 20.5. The topological polar surface area (TPSA) is 71.3 Å². The van der Waals surface area contributed by atoms with E-state index in [4.69, 9.17) is 9.51 Å². The molecule has 7 heteroatoms. The number of hydrogen-bond donors (Lipinski definition) is 1. The SMILES string of the molecule is CCc1ccc(C2NC(=O)N(Cc3ccc(F)cc3)C(C)=C2c2nc(-c3cccc(C)c3)no2)cc1. The van der Waals surface area contributed by atoms with Gasteiger partial charge in [0.25, 0.3) is 5.89 Å². The van der Waals surface area contributed by atoms with Crippen LogP contribution in [0.3, 0.4) is 0 Å².